The fourth-order valence-electron chi connectivity index (χ4n) is 12.3. The minimum Gasteiger partial charge on any atom is -0.444 e. The number of Topliss-reactive ketones (excluding diaryl/α,β-unsaturated/α-hetero) is 1. The minimum absolute atomic E-state index is 0.00585. The Morgan fingerprint density at radius 1 is 0.827 bits per heavy atom. The molecule has 6 aliphatic heterocycles. The number of alkyl carbamates (subject to hydrolysis) is 1. The molecule has 6 saturated heterocycles. The summed E-state index contributed by atoms with van der Waals surface area (Å²) in [6, 6.07) is 10.2. The normalized spacial score (nSPS) is 35.8. The van der Waals surface area contributed by atoms with E-state index in [4.69, 9.17) is 37.3 Å². The van der Waals surface area contributed by atoms with Crippen molar-refractivity contribution in [1.29, 1.82) is 0 Å². The lowest BCUT2D eigenvalue weighted by molar-refractivity contribution is -0.251. The molecular weight excluding hydrogens is 1090 g/mol. The van der Waals surface area contributed by atoms with Crippen LogP contribution in [0.3, 0.4) is 0 Å². The minimum atomic E-state index is -2.32. The van der Waals surface area contributed by atoms with Gasteiger partial charge in [-0.25, -0.2) is 4.79 Å². The zero-order valence-corrected chi connectivity index (χ0v) is 51.9. The smallest absolute Gasteiger partial charge is 0.407 e. The third-order valence-electron chi connectivity index (χ3n) is 18.9. The summed E-state index contributed by atoms with van der Waals surface area (Å²) in [5.41, 5.74) is 3.10. The van der Waals surface area contributed by atoms with Crippen molar-refractivity contribution in [3.05, 3.63) is 70.4 Å². The quantitative estimate of drug-likeness (QED) is 0.0545. The number of hydrogen-bond donors (Lipinski definition) is 1. The molecule has 12 nitrogen and oxygen atoms in total. The summed E-state index contributed by atoms with van der Waals surface area (Å²) in [4.78, 5) is 39.0. The van der Waals surface area contributed by atoms with Crippen molar-refractivity contribution >= 4 is 57.4 Å². The monoisotopic (exact) mass is 1190 g/mol. The number of amides is 1. The molecule has 1 amide bonds. The Kier molecular flexibility index (Phi) is 20.3. The molecule has 7 rings (SSSR count). The van der Waals surface area contributed by atoms with E-state index < -0.39 is 28.6 Å². The van der Waals surface area contributed by atoms with E-state index in [1.807, 2.05) is 18.2 Å². The van der Waals surface area contributed by atoms with Crippen LogP contribution < -0.4 is 5.32 Å². The van der Waals surface area contributed by atoms with Gasteiger partial charge in [0.2, 0.25) is 0 Å². The highest BCUT2D eigenvalue weighted by Crippen LogP contribution is 2.50. The molecule has 2 unspecified atom stereocenters. The fourth-order valence-corrected chi connectivity index (χ4v) is 15.4. The van der Waals surface area contributed by atoms with Gasteiger partial charge in [0.15, 0.2) is 16.6 Å². The molecule has 75 heavy (non-hydrogen) atoms. The Morgan fingerprint density at radius 3 is 2.16 bits per heavy atom. The number of benzene rings is 1. The molecule has 0 spiro atoms. The Bertz CT molecular complexity index is 2160. The first kappa shape index (κ1) is 60.6. The van der Waals surface area contributed by atoms with Crippen molar-refractivity contribution in [2.75, 3.05) is 6.54 Å². The SMILES string of the molecule is C=C1C[C@H](CCC=O)O[C@H]1CC[C@H]1C[C@@H](C)C(=C)[C@@H](C[C@@H]2O[C@H](C[C@H]3CNC(=O)O3)[C@H](C)[C@H]2C(C(=O)C[C@H]2CCC3O[C@@H]([C@H](/C=C/I)O[Si](C)(C)C(C)(C)C)[C@@H](O[Si](C)(C)C(C)(C)C)[C@@H](C)[C@H]3O2)c2ccccc2)O1. The van der Waals surface area contributed by atoms with Crippen LogP contribution in [-0.2, 0) is 46.9 Å². The van der Waals surface area contributed by atoms with Crippen LogP contribution >= 0.6 is 22.6 Å². The summed E-state index contributed by atoms with van der Waals surface area (Å²) in [5.74, 6) is -0.426. The topological polar surface area (TPSA) is 137 Å². The van der Waals surface area contributed by atoms with Gasteiger partial charge in [-0.1, -0.05) is 128 Å². The van der Waals surface area contributed by atoms with Gasteiger partial charge in [0, 0.05) is 43.4 Å². The third kappa shape index (κ3) is 14.5. The molecular formula is C60H94INO11Si2. The van der Waals surface area contributed by atoms with Crippen molar-refractivity contribution in [3.63, 3.8) is 0 Å². The molecule has 1 aromatic carbocycles. The van der Waals surface area contributed by atoms with E-state index >= 15 is 4.79 Å². The molecule has 0 aliphatic carbocycles. The van der Waals surface area contributed by atoms with Gasteiger partial charge < -0.3 is 47.4 Å². The maximum absolute atomic E-state index is 15.6. The number of carbonyl (C=O) groups excluding carboxylic acids is 3. The van der Waals surface area contributed by atoms with Crippen LogP contribution in [0.1, 0.15) is 144 Å². The number of hydrogen-bond acceptors (Lipinski definition) is 11. The summed E-state index contributed by atoms with van der Waals surface area (Å²) in [6.07, 6.45) is 7.06. The Labute approximate surface area is 466 Å². The molecule has 6 heterocycles. The van der Waals surface area contributed by atoms with Crippen LogP contribution in [0.4, 0.5) is 4.79 Å². The van der Waals surface area contributed by atoms with Crippen molar-refractivity contribution in [2.24, 2.45) is 23.7 Å². The summed E-state index contributed by atoms with van der Waals surface area (Å²) in [5, 5.41) is 2.80. The maximum atomic E-state index is 15.6. The molecule has 1 N–H and O–H groups in total. The number of aldehydes is 1. The van der Waals surface area contributed by atoms with Crippen LogP contribution in [0.5, 0.6) is 0 Å². The van der Waals surface area contributed by atoms with E-state index in [0.717, 1.165) is 55.1 Å². The average molecular weight is 1190 g/mol. The number of cyclic esters (lactones) is 1. The van der Waals surface area contributed by atoms with E-state index in [2.05, 4.69) is 152 Å². The molecule has 6 fully saturated rings. The molecule has 0 bridgehead atoms. The summed E-state index contributed by atoms with van der Waals surface area (Å²) < 4.78 is 57.4. The van der Waals surface area contributed by atoms with Crippen LogP contribution in [0.25, 0.3) is 0 Å². The predicted octanol–water partition coefficient (Wildman–Crippen LogP) is 13.1. The Morgan fingerprint density at radius 2 is 1.52 bits per heavy atom. The van der Waals surface area contributed by atoms with E-state index in [0.29, 0.717) is 38.6 Å². The Hall–Kier alpha value is -2.07. The molecule has 6 aliphatic rings. The summed E-state index contributed by atoms with van der Waals surface area (Å²) in [7, 11) is -4.55. The lowest BCUT2D eigenvalue weighted by atomic mass is 9.70. The number of carbonyl (C=O) groups is 3. The number of fused-ring (bicyclic) bond motifs is 1. The molecule has 18 atom stereocenters. The van der Waals surface area contributed by atoms with E-state index in [1.165, 1.54) is 0 Å². The first-order valence-electron chi connectivity index (χ1n) is 28.4. The van der Waals surface area contributed by atoms with Crippen LogP contribution in [0, 0.1) is 23.7 Å². The highest BCUT2D eigenvalue weighted by Gasteiger charge is 2.55. The molecule has 0 aromatic heterocycles. The molecule has 420 valence electrons. The number of ketones is 1. The number of nitrogens with one attached hydrogen (secondary N) is 1. The highest BCUT2D eigenvalue weighted by molar-refractivity contribution is 14.1. The van der Waals surface area contributed by atoms with Crippen LogP contribution in [0.15, 0.2) is 64.8 Å². The molecule has 15 heteroatoms. The Balaban J connectivity index is 1.13. The van der Waals surface area contributed by atoms with Crippen molar-refractivity contribution < 1.29 is 51.7 Å². The lowest BCUT2D eigenvalue weighted by Crippen LogP contribution is -2.64. The number of halogens is 1. The zero-order valence-electron chi connectivity index (χ0n) is 47.8. The van der Waals surface area contributed by atoms with Gasteiger partial charge in [-0.05, 0) is 120 Å². The highest BCUT2D eigenvalue weighted by atomic mass is 127. The first-order chi connectivity index (χ1) is 35.2. The van der Waals surface area contributed by atoms with Gasteiger partial charge in [0.1, 0.15) is 24.3 Å². The lowest BCUT2D eigenvalue weighted by Gasteiger charge is -2.54. The van der Waals surface area contributed by atoms with Crippen LogP contribution in [-0.4, -0.2) is 121 Å². The van der Waals surface area contributed by atoms with E-state index in [1.54, 1.807) is 0 Å². The summed E-state index contributed by atoms with van der Waals surface area (Å²) in [6.45, 7) is 39.0. The van der Waals surface area contributed by atoms with Gasteiger partial charge in [0.05, 0.1) is 73.7 Å². The van der Waals surface area contributed by atoms with Crippen molar-refractivity contribution in [1.82, 2.24) is 5.32 Å². The number of rotatable bonds is 21. The fraction of sp³-hybridized carbons (Fsp3) is 0.750. The zero-order chi connectivity index (χ0) is 54.8. The maximum Gasteiger partial charge on any atom is 0.407 e. The van der Waals surface area contributed by atoms with Gasteiger partial charge in [-0.2, -0.15) is 0 Å². The average Bonchev–Trinajstić information content (AvgIpc) is 4.01. The van der Waals surface area contributed by atoms with E-state index in [-0.39, 0.29) is 125 Å². The standard InChI is InChI=1S/C60H94INO11Si2/c1-36-30-43(23-25-47-37(2)31-42(66-47)22-19-29-63)67-51(38(36)3)34-52-53(39(4)50(70-52)33-45-35-62-58(65)69-45)54(41-20-17-16-18-21-41)46(64)32-44-24-26-48-55(68-44)40(5)56(73-75(14,15)60(9,10)11)57(71-48)49(27-28-61)72-74(12,13)59(6,7)8/h16-18,20-21,27-29,36,39-40,42-45,47-57H,2-3,19,22-26,30-35H2,1,4-15H3,(H,62,65)/b28-27+/t36-,39+,40+,42+,43+,44-,45+,47+,48?,49+,50-,51-,52+,53-,54?,55-,56+,57+/m1/s1. The van der Waals surface area contributed by atoms with Crippen molar-refractivity contribution in [3.8, 4) is 0 Å². The van der Waals surface area contributed by atoms with Gasteiger partial charge in [-0.15, -0.1) is 0 Å². The van der Waals surface area contributed by atoms with Crippen LogP contribution in [0.2, 0.25) is 36.3 Å². The second-order valence-corrected chi connectivity index (χ2v) is 36.5. The molecule has 1 aromatic rings. The first-order valence-corrected chi connectivity index (χ1v) is 35.5. The number of ether oxygens (including phenoxy) is 6. The molecule has 0 radical (unpaired) electrons. The van der Waals surface area contributed by atoms with Gasteiger partial charge in [0.25, 0.3) is 0 Å². The molecule has 0 saturated carbocycles. The second-order valence-electron chi connectivity index (χ2n) is 26.3. The van der Waals surface area contributed by atoms with Gasteiger partial charge >= 0.3 is 6.09 Å². The third-order valence-corrected chi connectivity index (χ3v) is 28.3. The predicted molar refractivity (Wildman–Crippen MR) is 309 cm³/mol. The summed E-state index contributed by atoms with van der Waals surface area (Å²) >= 11 is 2.30. The van der Waals surface area contributed by atoms with Gasteiger partial charge in [-0.3, -0.25) is 4.79 Å². The van der Waals surface area contributed by atoms with Crippen molar-refractivity contribution in [2.45, 2.75) is 254 Å². The largest absolute Gasteiger partial charge is 0.444 e. The van der Waals surface area contributed by atoms with E-state index in [9.17, 15) is 9.59 Å². The second kappa shape index (κ2) is 25.2.